The van der Waals surface area contributed by atoms with E-state index in [0.717, 1.165) is 23.6 Å². The molecule has 4 rings (SSSR count). The summed E-state index contributed by atoms with van der Waals surface area (Å²) in [5, 5.41) is 8.10. The van der Waals surface area contributed by atoms with Crippen LogP contribution in [0.3, 0.4) is 0 Å². The summed E-state index contributed by atoms with van der Waals surface area (Å²) in [5.41, 5.74) is 8.37. The van der Waals surface area contributed by atoms with E-state index in [4.69, 9.17) is 0 Å². The molecule has 4 heteroatoms. The van der Waals surface area contributed by atoms with Crippen LogP contribution in [0.25, 0.3) is 22.4 Å². The van der Waals surface area contributed by atoms with Crippen LogP contribution in [0.1, 0.15) is 16.7 Å². The van der Waals surface area contributed by atoms with Crippen LogP contribution >= 0.6 is 0 Å². The fourth-order valence-corrected chi connectivity index (χ4v) is 3.22. The van der Waals surface area contributed by atoms with Crippen LogP contribution in [-0.2, 0) is 13.6 Å². The molecule has 2 aromatic heterocycles. The van der Waals surface area contributed by atoms with E-state index in [-0.39, 0.29) is 0 Å². The fourth-order valence-electron chi connectivity index (χ4n) is 3.22. The molecule has 0 atom stereocenters. The Bertz CT molecular complexity index is 1080. The highest BCUT2D eigenvalue weighted by Crippen LogP contribution is 2.27. The third kappa shape index (κ3) is 3.81. The Morgan fingerprint density at radius 3 is 2.18 bits per heavy atom. The summed E-state index contributed by atoms with van der Waals surface area (Å²) < 4.78 is 1.88. The molecule has 0 aliphatic rings. The number of benzene rings is 2. The summed E-state index contributed by atoms with van der Waals surface area (Å²) in [6, 6.07) is 21.3. The SMILES string of the molecule is Cc1ccc(-c2ccc(-c3cc(NCc4ccncc4)n(C)n3)cc2)cc1C. The van der Waals surface area contributed by atoms with Crippen molar-refractivity contribution in [3.8, 4) is 22.4 Å². The molecule has 0 amide bonds. The molecule has 140 valence electrons. The monoisotopic (exact) mass is 368 g/mol. The lowest BCUT2D eigenvalue weighted by Crippen LogP contribution is -2.04. The van der Waals surface area contributed by atoms with Gasteiger partial charge in [0.2, 0.25) is 0 Å². The molecule has 0 bridgehead atoms. The normalized spacial score (nSPS) is 10.8. The smallest absolute Gasteiger partial charge is 0.124 e. The standard InChI is InChI=1S/C24H24N4/c1-17-4-5-22(14-18(17)2)20-6-8-21(9-7-20)23-15-24(28(3)27-23)26-16-19-10-12-25-13-11-19/h4-15,26H,16H2,1-3H3. The van der Waals surface area contributed by atoms with Gasteiger partial charge < -0.3 is 5.32 Å². The van der Waals surface area contributed by atoms with E-state index in [0.29, 0.717) is 0 Å². The fraction of sp³-hybridized carbons (Fsp3) is 0.167. The molecule has 2 heterocycles. The van der Waals surface area contributed by atoms with Gasteiger partial charge in [0, 0.05) is 37.6 Å². The molecule has 1 N–H and O–H groups in total. The maximum atomic E-state index is 4.66. The van der Waals surface area contributed by atoms with Gasteiger partial charge in [0.15, 0.2) is 0 Å². The molecule has 0 saturated carbocycles. The second-order valence-corrected chi connectivity index (χ2v) is 7.12. The van der Waals surface area contributed by atoms with E-state index in [1.54, 1.807) is 0 Å². The number of hydrogen-bond acceptors (Lipinski definition) is 3. The Morgan fingerprint density at radius 1 is 0.786 bits per heavy atom. The van der Waals surface area contributed by atoms with Crippen LogP contribution in [0.4, 0.5) is 5.82 Å². The largest absolute Gasteiger partial charge is 0.366 e. The van der Waals surface area contributed by atoms with Crippen LogP contribution < -0.4 is 5.32 Å². The van der Waals surface area contributed by atoms with Crippen molar-refractivity contribution in [3.63, 3.8) is 0 Å². The average molecular weight is 368 g/mol. The second-order valence-electron chi connectivity index (χ2n) is 7.12. The number of nitrogens with zero attached hydrogens (tertiary/aromatic N) is 3. The van der Waals surface area contributed by atoms with E-state index in [1.807, 2.05) is 36.3 Å². The van der Waals surface area contributed by atoms with Gasteiger partial charge in [-0.2, -0.15) is 5.10 Å². The number of aryl methyl sites for hydroxylation is 3. The minimum atomic E-state index is 0.743. The quantitative estimate of drug-likeness (QED) is 0.514. The van der Waals surface area contributed by atoms with Crippen LogP contribution in [0.2, 0.25) is 0 Å². The summed E-state index contributed by atoms with van der Waals surface area (Å²) in [6.07, 6.45) is 3.62. The van der Waals surface area contributed by atoms with Gasteiger partial charge in [-0.05, 0) is 53.8 Å². The molecule has 4 aromatic rings. The summed E-state index contributed by atoms with van der Waals surface area (Å²) in [6.45, 7) is 5.04. The lowest BCUT2D eigenvalue weighted by molar-refractivity contribution is 0.772. The van der Waals surface area contributed by atoms with Gasteiger partial charge in [0.1, 0.15) is 5.82 Å². The number of nitrogens with one attached hydrogen (secondary N) is 1. The second kappa shape index (κ2) is 7.69. The zero-order valence-corrected chi connectivity index (χ0v) is 16.5. The molecule has 0 unspecified atom stereocenters. The van der Waals surface area contributed by atoms with E-state index >= 15 is 0 Å². The average Bonchev–Trinajstić information content (AvgIpc) is 3.10. The topological polar surface area (TPSA) is 42.7 Å². The lowest BCUT2D eigenvalue weighted by Gasteiger charge is -2.06. The van der Waals surface area contributed by atoms with Gasteiger partial charge in [-0.3, -0.25) is 9.67 Å². The maximum absolute atomic E-state index is 4.66. The van der Waals surface area contributed by atoms with Crippen molar-refractivity contribution >= 4 is 5.82 Å². The number of aromatic nitrogens is 3. The highest BCUT2D eigenvalue weighted by molar-refractivity contribution is 5.70. The van der Waals surface area contributed by atoms with Crippen LogP contribution in [0.15, 0.2) is 73.1 Å². The maximum Gasteiger partial charge on any atom is 0.124 e. The van der Waals surface area contributed by atoms with Gasteiger partial charge in [-0.25, -0.2) is 0 Å². The first-order valence-corrected chi connectivity index (χ1v) is 9.45. The third-order valence-corrected chi connectivity index (χ3v) is 5.12. The van der Waals surface area contributed by atoms with E-state index in [9.17, 15) is 0 Å². The van der Waals surface area contributed by atoms with Crippen molar-refractivity contribution in [2.75, 3.05) is 5.32 Å². The molecular formula is C24H24N4. The summed E-state index contributed by atoms with van der Waals surface area (Å²) in [5.74, 6) is 0.991. The summed E-state index contributed by atoms with van der Waals surface area (Å²) in [7, 11) is 1.96. The van der Waals surface area contributed by atoms with E-state index in [1.165, 1.54) is 27.8 Å². The Hall–Kier alpha value is -3.40. The van der Waals surface area contributed by atoms with Crippen LogP contribution in [0, 0.1) is 13.8 Å². The van der Waals surface area contributed by atoms with E-state index < -0.39 is 0 Å². The Kier molecular flexibility index (Phi) is 4.94. The van der Waals surface area contributed by atoms with Gasteiger partial charge >= 0.3 is 0 Å². The molecule has 0 aliphatic carbocycles. The summed E-state index contributed by atoms with van der Waals surface area (Å²) >= 11 is 0. The first-order valence-electron chi connectivity index (χ1n) is 9.45. The summed E-state index contributed by atoms with van der Waals surface area (Å²) in [4.78, 5) is 4.05. The minimum Gasteiger partial charge on any atom is -0.366 e. The number of anilines is 1. The molecule has 2 aromatic carbocycles. The van der Waals surface area contributed by atoms with Crippen molar-refractivity contribution in [2.45, 2.75) is 20.4 Å². The van der Waals surface area contributed by atoms with Crippen molar-refractivity contribution in [3.05, 3.63) is 89.7 Å². The van der Waals surface area contributed by atoms with Gasteiger partial charge in [-0.1, -0.05) is 42.5 Å². The number of rotatable bonds is 5. The Morgan fingerprint density at radius 2 is 1.46 bits per heavy atom. The highest BCUT2D eigenvalue weighted by Gasteiger charge is 2.08. The lowest BCUT2D eigenvalue weighted by atomic mass is 9.99. The van der Waals surface area contributed by atoms with Gasteiger partial charge in [-0.15, -0.1) is 0 Å². The molecule has 0 saturated heterocycles. The van der Waals surface area contributed by atoms with Gasteiger partial charge in [0.05, 0.1) is 5.69 Å². The van der Waals surface area contributed by atoms with Crippen LogP contribution in [0.5, 0.6) is 0 Å². The van der Waals surface area contributed by atoms with Crippen LogP contribution in [-0.4, -0.2) is 14.8 Å². The number of hydrogen-bond donors (Lipinski definition) is 1. The van der Waals surface area contributed by atoms with Crippen molar-refractivity contribution < 1.29 is 0 Å². The van der Waals surface area contributed by atoms with E-state index in [2.05, 4.69) is 77.8 Å². The van der Waals surface area contributed by atoms with Gasteiger partial charge in [0.25, 0.3) is 0 Å². The predicted octanol–water partition coefficient (Wildman–Crippen LogP) is 5.38. The highest BCUT2D eigenvalue weighted by atomic mass is 15.3. The first kappa shape index (κ1) is 18.0. The molecule has 0 fully saturated rings. The molecular weight excluding hydrogens is 344 g/mol. The molecule has 0 spiro atoms. The molecule has 0 aliphatic heterocycles. The third-order valence-electron chi connectivity index (χ3n) is 5.12. The van der Waals surface area contributed by atoms with Crippen molar-refractivity contribution in [1.82, 2.24) is 14.8 Å². The zero-order valence-electron chi connectivity index (χ0n) is 16.5. The van der Waals surface area contributed by atoms with Crippen molar-refractivity contribution in [1.29, 1.82) is 0 Å². The Labute approximate surface area is 165 Å². The van der Waals surface area contributed by atoms with Crippen molar-refractivity contribution in [2.24, 2.45) is 7.05 Å². The molecule has 0 radical (unpaired) electrons. The minimum absolute atomic E-state index is 0.743. The molecule has 4 nitrogen and oxygen atoms in total. The first-order chi connectivity index (χ1) is 13.6. The zero-order chi connectivity index (χ0) is 19.5. The Balaban J connectivity index is 1.52. The number of pyridine rings is 1. The predicted molar refractivity (Wildman–Crippen MR) is 115 cm³/mol. The molecule has 28 heavy (non-hydrogen) atoms.